The van der Waals surface area contributed by atoms with Crippen LogP contribution in [0.25, 0.3) is 0 Å². The first kappa shape index (κ1) is 10.0. The van der Waals surface area contributed by atoms with Crippen molar-refractivity contribution in [2.24, 2.45) is 16.8 Å². The van der Waals surface area contributed by atoms with E-state index >= 15 is 0 Å². The highest BCUT2D eigenvalue weighted by Crippen LogP contribution is 2.41. The molecule has 2 saturated carbocycles. The fraction of sp³-hybridized carbons (Fsp3) is 0.917. The molecule has 3 rings (SSSR count). The number of rotatable bonds is 5. The van der Waals surface area contributed by atoms with Gasteiger partial charge in [0, 0.05) is 11.8 Å². The molecule has 1 N–H and O–H groups in total. The van der Waals surface area contributed by atoms with E-state index in [9.17, 15) is 0 Å². The second kappa shape index (κ2) is 4.36. The highest BCUT2D eigenvalue weighted by Gasteiger charge is 2.35. The average Bonchev–Trinajstić information content (AvgIpc) is 3.14. The topological polar surface area (TPSA) is 24.4 Å². The smallest absolute Gasteiger partial charge is 0.156 e. The normalized spacial score (nSPS) is 30.4. The zero-order chi connectivity index (χ0) is 10.1. The number of hydrogen-bond donors (Lipinski definition) is 1. The molecule has 0 spiro atoms. The van der Waals surface area contributed by atoms with Gasteiger partial charge in [-0.3, -0.25) is 4.99 Å². The summed E-state index contributed by atoms with van der Waals surface area (Å²) < 4.78 is 0. The van der Waals surface area contributed by atoms with Crippen molar-refractivity contribution in [2.45, 2.75) is 43.8 Å². The van der Waals surface area contributed by atoms with Crippen LogP contribution in [0.4, 0.5) is 0 Å². The lowest BCUT2D eigenvalue weighted by Gasteiger charge is -2.07. The van der Waals surface area contributed by atoms with Gasteiger partial charge in [0.2, 0.25) is 0 Å². The third-order valence-corrected chi connectivity index (χ3v) is 4.92. The number of aliphatic imine (C=N–C) groups is 1. The van der Waals surface area contributed by atoms with Gasteiger partial charge in [-0.25, -0.2) is 0 Å². The number of hydrogen-bond acceptors (Lipinski definition) is 3. The van der Waals surface area contributed by atoms with E-state index < -0.39 is 0 Å². The van der Waals surface area contributed by atoms with Gasteiger partial charge in [0.05, 0.1) is 6.54 Å². The van der Waals surface area contributed by atoms with Crippen LogP contribution >= 0.6 is 11.8 Å². The summed E-state index contributed by atoms with van der Waals surface area (Å²) in [7, 11) is 0. The molecule has 0 aromatic heterocycles. The maximum absolute atomic E-state index is 4.58. The largest absolute Gasteiger partial charge is 0.365 e. The highest BCUT2D eigenvalue weighted by atomic mass is 32.2. The molecule has 2 fully saturated rings. The minimum atomic E-state index is 0.816. The first-order chi connectivity index (χ1) is 7.42. The maximum atomic E-state index is 4.58. The Balaban J connectivity index is 1.29. The Hall–Kier alpha value is -0.180. The Bertz CT molecular complexity index is 256. The number of nitrogens with one attached hydrogen (secondary N) is 1. The number of nitrogens with zero attached hydrogens (tertiary/aromatic N) is 1. The van der Waals surface area contributed by atoms with Crippen LogP contribution in [0.1, 0.15) is 38.5 Å². The maximum Gasteiger partial charge on any atom is 0.156 e. The Morgan fingerprint density at radius 3 is 2.87 bits per heavy atom. The van der Waals surface area contributed by atoms with Crippen LogP contribution in [0.3, 0.4) is 0 Å². The van der Waals surface area contributed by atoms with E-state index in [1.807, 2.05) is 11.8 Å². The van der Waals surface area contributed by atoms with Crippen molar-refractivity contribution in [1.29, 1.82) is 0 Å². The van der Waals surface area contributed by atoms with E-state index in [1.54, 1.807) is 0 Å². The van der Waals surface area contributed by atoms with Crippen molar-refractivity contribution < 1.29 is 0 Å². The van der Waals surface area contributed by atoms with Crippen LogP contribution < -0.4 is 5.32 Å². The van der Waals surface area contributed by atoms with E-state index in [0.29, 0.717) is 0 Å². The molecule has 2 aliphatic carbocycles. The summed E-state index contributed by atoms with van der Waals surface area (Å²) in [5.74, 6) is 2.06. The number of thioether (sulfide) groups is 1. The van der Waals surface area contributed by atoms with Gasteiger partial charge in [0.25, 0.3) is 0 Å². The Labute approximate surface area is 96.3 Å². The molecular formula is C12H20N2S. The lowest BCUT2D eigenvalue weighted by molar-refractivity contribution is 0.654. The molecule has 0 amide bonds. The van der Waals surface area contributed by atoms with Gasteiger partial charge in [0.15, 0.2) is 5.17 Å². The molecule has 0 saturated heterocycles. The predicted octanol–water partition coefficient (Wildman–Crippen LogP) is 2.65. The molecule has 0 aromatic carbocycles. The zero-order valence-corrected chi connectivity index (χ0v) is 10.1. The molecule has 3 aliphatic rings. The lowest BCUT2D eigenvalue weighted by atomic mass is 10.2. The molecule has 15 heavy (non-hydrogen) atoms. The summed E-state index contributed by atoms with van der Waals surface area (Å²) in [6, 6.07) is 0. The Kier molecular flexibility index (Phi) is 2.91. The quantitative estimate of drug-likeness (QED) is 0.726. The molecule has 0 radical (unpaired) electrons. The fourth-order valence-electron chi connectivity index (χ4n) is 2.19. The van der Waals surface area contributed by atoms with E-state index in [4.69, 9.17) is 0 Å². The second-order valence-corrected chi connectivity index (χ2v) is 6.38. The van der Waals surface area contributed by atoms with Gasteiger partial charge in [0.1, 0.15) is 0 Å². The molecular weight excluding hydrogens is 204 g/mol. The Morgan fingerprint density at radius 1 is 1.27 bits per heavy atom. The third kappa shape index (κ3) is 2.90. The van der Waals surface area contributed by atoms with E-state index in [0.717, 1.165) is 30.2 Å². The lowest BCUT2D eigenvalue weighted by Crippen LogP contribution is -2.21. The molecule has 0 aromatic rings. The highest BCUT2D eigenvalue weighted by molar-refractivity contribution is 8.14. The molecule has 1 atom stereocenters. The van der Waals surface area contributed by atoms with Gasteiger partial charge in [-0.05, 0) is 37.5 Å². The standard InChI is InChI=1S/C12H20N2S/c1(2-9-3-4-9)7-13-12-14-8-11(15-12)10-5-6-10/h9-11H,1-8H2,(H,13,14). The van der Waals surface area contributed by atoms with Crippen LogP contribution in [-0.2, 0) is 0 Å². The van der Waals surface area contributed by atoms with Crippen LogP contribution in [0.2, 0.25) is 0 Å². The molecule has 3 heteroatoms. The van der Waals surface area contributed by atoms with Crippen LogP contribution in [0.5, 0.6) is 0 Å². The molecule has 1 unspecified atom stereocenters. The van der Waals surface area contributed by atoms with Crippen molar-refractivity contribution in [3.8, 4) is 0 Å². The summed E-state index contributed by atoms with van der Waals surface area (Å²) in [5, 5.41) is 5.53. The van der Waals surface area contributed by atoms with Gasteiger partial charge in [-0.2, -0.15) is 0 Å². The number of amidine groups is 1. The van der Waals surface area contributed by atoms with Crippen molar-refractivity contribution in [3.63, 3.8) is 0 Å². The van der Waals surface area contributed by atoms with Crippen molar-refractivity contribution >= 4 is 16.9 Å². The van der Waals surface area contributed by atoms with Gasteiger partial charge < -0.3 is 5.32 Å². The molecule has 2 nitrogen and oxygen atoms in total. The third-order valence-electron chi connectivity index (χ3n) is 3.59. The second-order valence-electron chi connectivity index (χ2n) is 5.15. The van der Waals surface area contributed by atoms with Gasteiger partial charge in [-0.1, -0.05) is 24.6 Å². The van der Waals surface area contributed by atoms with Gasteiger partial charge in [-0.15, -0.1) is 0 Å². The van der Waals surface area contributed by atoms with E-state index in [2.05, 4.69) is 10.3 Å². The Morgan fingerprint density at radius 2 is 2.13 bits per heavy atom. The SMILES string of the molecule is C(CNC1=NCC(C2CC2)S1)CC1CC1. The van der Waals surface area contributed by atoms with E-state index in [-0.39, 0.29) is 0 Å². The minimum absolute atomic E-state index is 0.816. The zero-order valence-electron chi connectivity index (χ0n) is 9.24. The summed E-state index contributed by atoms with van der Waals surface area (Å²) >= 11 is 1.99. The monoisotopic (exact) mass is 224 g/mol. The predicted molar refractivity (Wildman–Crippen MR) is 66.4 cm³/mol. The first-order valence-corrected chi connectivity index (χ1v) is 7.25. The van der Waals surface area contributed by atoms with Crippen LogP contribution in [0, 0.1) is 11.8 Å². The molecule has 84 valence electrons. The van der Waals surface area contributed by atoms with E-state index in [1.165, 1.54) is 43.7 Å². The van der Waals surface area contributed by atoms with Crippen molar-refractivity contribution in [1.82, 2.24) is 5.32 Å². The molecule has 0 bridgehead atoms. The molecule has 1 aliphatic heterocycles. The average molecular weight is 224 g/mol. The summed E-state index contributed by atoms with van der Waals surface area (Å²) in [4.78, 5) is 4.58. The van der Waals surface area contributed by atoms with Gasteiger partial charge >= 0.3 is 0 Å². The fourth-order valence-corrected chi connectivity index (χ4v) is 3.43. The van der Waals surface area contributed by atoms with Crippen LogP contribution in [-0.4, -0.2) is 23.5 Å². The van der Waals surface area contributed by atoms with Crippen molar-refractivity contribution in [3.05, 3.63) is 0 Å². The first-order valence-electron chi connectivity index (χ1n) is 6.37. The minimum Gasteiger partial charge on any atom is -0.365 e. The van der Waals surface area contributed by atoms with Crippen molar-refractivity contribution in [2.75, 3.05) is 13.1 Å². The summed E-state index contributed by atoms with van der Waals surface area (Å²) in [5.41, 5.74) is 0. The summed E-state index contributed by atoms with van der Waals surface area (Å²) in [6.07, 6.45) is 8.62. The molecule has 1 heterocycles. The van der Waals surface area contributed by atoms with Crippen LogP contribution in [0.15, 0.2) is 4.99 Å². The summed E-state index contributed by atoms with van der Waals surface area (Å²) in [6.45, 7) is 2.21.